The molecule has 0 bridgehead atoms. The number of carboxylic acids is 1. The molecule has 3 heterocycles. The maximum atomic E-state index is 12.7. The summed E-state index contributed by atoms with van der Waals surface area (Å²) in [5.41, 5.74) is -2.51. The van der Waals surface area contributed by atoms with E-state index in [0.29, 0.717) is 6.54 Å². The number of piperidine rings is 1. The predicted molar refractivity (Wildman–Crippen MR) is 144 cm³/mol. The molecular formula is C27H42N2O14. The van der Waals surface area contributed by atoms with Gasteiger partial charge in [-0.05, 0) is 19.4 Å². The highest BCUT2D eigenvalue weighted by Gasteiger charge is 2.58. The van der Waals surface area contributed by atoms with Crippen LogP contribution < -0.4 is 5.32 Å². The lowest BCUT2D eigenvalue weighted by molar-refractivity contribution is -0.412. The Bertz CT molecular complexity index is 1040. The average Bonchev–Trinajstić information content (AvgIpc) is 2.97. The quantitative estimate of drug-likeness (QED) is 0.0577. The van der Waals surface area contributed by atoms with Crippen molar-refractivity contribution < 1.29 is 69.0 Å². The molecule has 0 radical (unpaired) electrons. The molecule has 2 saturated heterocycles. The Labute approximate surface area is 248 Å². The van der Waals surface area contributed by atoms with E-state index in [-0.39, 0.29) is 38.4 Å². The zero-order valence-electron chi connectivity index (χ0n) is 24.0. The number of ether oxygens (including phenoxy) is 5. The molecule has 9 atom stereocenters. The molecule has 3 aliphatic heterocycles. The van der Waals surface area contributed by atoms with Gasteiger partial charge in [0.25, 0.3) is 0 Å². The molecule has 3 rings (SSSR count). The van der Waals surface area contributed by atoms with Crippen molar-refractivity contribution in [1.29, 1.82) is 0 Å². The number of β-amino-alcohol motifs (C(OH)–C–C–N with tert-alkyl or cyclic N) is 1. The van der Waals surface area contributed by atoms with Crippen LogP contribution in [0.4, 0.5) is 0 Å². The van der Waals surface area contributed by atoms with E-state index in [2.05, 4.69) is 11.9 Å². The van der Waals surface area contributed by atoms with Crippen LogP contribution in [-0.2, 0) is 33.3 Å². The third-order valence-corrected chi connectivity index (χ3v) is 7.78. The third-order valence-electron chi connectivity index (χ3n) is 7.78. The van der Waals surface area contributed by atoms with Gasteiger partial charge in [0, 0.05) is 19.6 Å². The van der Waals surface area contributed by atoms with E-state index in [1.165, 1.54) is 19.2 Å². The molecular weight excluding hydrogens is 576 g/mol. The number of carbonyl (C=O) groups is 2. The van der Waals surface area contributed by atoms with Crippen molar-refractivity contribution in [2.75, 3.05) is 53.7 Å². The number of aliphatic hydroxyl groups excluding tert-OH is 3. The number of aliphatic hydroxyl groups is 6. The van der Waals surface area contributed by atoms with Gasteiger partial charge in [-0.3, -0.25) is 15.0 Å². The minimum absolute atomic E-state index is 0.170. The molecule has 0 amide bonds. The van der Waals surface area contributed by atoms with E-state index < -0.39 is 78.6 Å². The van der Waals surface area contributed by atoms with Crippen molar-refractivity contribution in [3.63, 3.8) is 0 Å². The Kier molecular flexibility index (Phi) is 12.2. The standard InChI is InChI=1S/C27H42N2O14/c1-4-17-24(43-25-21(41-14-28-2)27(37,38)20(32)19(12-31)42-25)40-13-18(23(35)39-3)26(17,36)6-5-15-9-16(22(33)34)11-29(10-15)7-8-30/h4-6,13,15-17,19-21,24-25,28,30-32,36-38H,1,7-12,14H2,2-3H3,(H,33,34)/t15?,16?,17-,19+,20+,21+,24+,25-,26+/m0/s1. The van der Waals surface area contributed by atoms with Crippen molar-refractivity contribution in [3.05, 3.63) is 36.6 Å². The molecule has 16 nitrogen and oxygen atoms in total. The second kappa shape index (κ2) is 15.0. The fraction of sp³-hybridized carbons (Fsp3) is 0.704. The summed E-state index contributed by atoms with van der Waals surface area (Å²) in [6.07, 6.45) is -3.17. The van der Waals surface area contributed by atoms with Gasteiger partial charge in [0.15, 0.2) is 12.4 Å². The van der Waals surface area contributed by atoms with E-state index in [4.69, 9.17) is 23.7 Å². The van der Waals surface area contributed by atoms with Gasteiger partial charge in [-0.2, -0.15) is 0 Å². The summed E-state index contributed by atoms with van der Waals surface area (Å²) >= 11 is 0. The van der Waals surface area contributed by atoms with Crippen molar-refractivity contribution in [2.24, 2.45) is 17.8 Å². The third kappa shape index (κ3) is 7.61. The number of methoxy groups -OCH3 is 1. The largest absolute Gasteiger partial charge is 0.481 e. The highest BCUT2D eigenvalue weighted by Crippen LogP contribution is 2.41. The normalized spacial score (nSPS) is 36.5. The monoisotopic (exact) mass is 618 g/mol. The van der Waals surface area contributed by atoms with Crippen LogP contribution in [0.25, 0.3) is 0 Å². The van der Waals surface area contributed by atoms with E-state index in [1.807, 2.05) is 0 Å². The van der Waals surface area contributed by atoms with Crippen LogP contribution in [-0.4, -0.2) is 149 Å². The molecule has 8 N–H and O–H groups in total. The fourth-order valence-corrected chi connectivity index (χ4v) is 5.50. The first-order chi connectivity index (χ1) is 20.4. The molecule has 16 heteroatoms. The lowest BCUT2D eigenvalue weighted by Crippen LogP contribution is -2.69. The van der Waals surface area contributed by atoms with Crippen molar-refractivity contribution in [3.8, 4) is 0 Å². The summed E-state index contributed by atoms with van der Waals surface area (Å²) in [5.74, 6) is -7.29. The van der Waals surface area contributed by atoms with Gasteiger partial charge < -0.3 is 59.4 Å². The summed E-state index contributed by atoms with van der Waals surface area (Å²) in [4.78, 5) is 26.3. The van der Waals surface area contributed by atoms with E-state index in [1.54, 1.807) is 11.0 Å². The summed E-state index contributed by atoms with van der Waals surface area (Å²) in [6.45, 7) is 3.41. The summed E-state index contributed by atoms with van der Waals surface area (Å²) in [7, 11) is 2.62. The number of carbonyl (C=O) groups excluding carboxylic acids is 1. The molecule has 0 spiro atoms. The van der Waals surface area contributed by atoms with Crippen LogP contribution in [0.5, 0.6) is 0 Å². The number of nitrogens with zero attached hydrogens (tertiary/aromatic N) is 1. The van der Waals surface area contributed by atoms with Gasteiger partial charge in [-0.15, -0.1) is 6.58 Å². The van der Waals surface area contributed by atoms with Crippen LogP contribution in [0.3, 0.4) is 0 Å². The average molecular weight is 619 g/mol. The van der Waals surface area contributed by atoms with E-state index in [0.717, 1.165) is 13.4 Å². The molecule has 2 unspecified atom stereocenters. The number of hydrogen-bond acceptors (Lipinski definition) is 15. The van der Waals surface area contributed by atoms with Crippen LogP contribution in [0.2, 0.25) is 0 Å². The molecule has 0 aromatic heterocycles. The second-order valence-corrected chi connectivity index (χ2v) is 10.7. The number of carboxylic acid groups (broad SMARTS) is 1. The van der Waals surface area contributed by atoms with Crippen LogP contribution >= 0.6 is 0 Å². The highest BCUT2D eigenvalue weighted by molar-refractivity contribution is 5.91. The maximum Gasteiger partial charge on any atom is 0.340 e. The number of aliphatic carboxylic acids is 1. The molecule has 3 aliphatic rings. The summed E-state index contributed by atoms with van der Waals surface area (Å²) in [6, 6.07) is 0. The molecule has 2 fully saturated rings. The van der Waals surface area contributed by atoms with Gasteiger partial charge in [0.2, 0.25) is 12.1 Å². The topological polar surface area (TPSA) is 237 Å². The number of rotatable bonds is 13. The highest BCUT2D eigenvalue weighted by atomic mass is 16.8. The first-order valence-corrected chi connectivity index (χ1v) is 13.7. The Hall–Kier alpha value is -2.48. The number of nitrogens with one attached hydrogen (secondary N) is 1. The first kappa shape index (κ1) is 35.0. The number of hydrogen-bond donors (Lipinski definition) is 8. The summed E-state index contributed by atoms with van der Waals surface area (Å²) < 4.78 is 27.4. The van der Waals surface area contributed by atoms with Crippen LogP contribution in [0, 0.1) is 17.8 Å². The Balaban J connectivity index is 1.96. The van der Waals surface area contributed by atoms with Gasteiger partial charge in [-0.25, -0.2) is 4.79 Å². The molecule has 0 aliphatic carbocycles. The first-order valence-electron chi connectivity index (χ1n) is 13.7. The second-order valence-electron chi connectivity index (χ2n) is 10.7. The Morgan fingerprint density at radius 2 is 1.95 bits per heavy atom. The van der Waals surface area contributed by atoms with Crippen molar-refractivity contribution >= 4 is 11.9 Å². The molecule has 43 heavy (non-hydrogen) atoms. The number of likely N-dealkylation sites (tertiary alicyclic amines) is 1. The fourth-order valence-electron chi connectivity index (χ4n) is 5.50. The minimum atomic E-state index is -2.95. The van der Waals surface area contributed by atoms with E-state index in [9.17, 15) is 45.3 Å². The Morgan fingerprint density at radius 1 is 1.23 bits per heavy atom. The lowest BCUT2D eigenvalue weighted by atomic mass is 9.77. The predicted octanol–water partition coefficient (Wildman–Crippen LogP) is -3.16. The molecule has 244 valence electrons. The van der Waals surface area contributed by atoms with Crippen LogP contribution in [0.15, 0.2) is 36.6 Å². The molecule has 0 saturated carbocycles. The number of esters is 1. The van der Waals surface area contributed by atoms with Crippen molar-refractivity contribution in [2.45, 2.75) is 48.7 Å². The van der Waals surface area contributed by atoms with Crippen LogP contribution in [0.1, 0.15) is 6.42 Å². The zero-order valence-corrected chi connectivity index (χ0v) is 24.0. The maximum absolute atomic E-state index is 12.7. The van der Waals surface area contributed by atoms with E-state index >= 15 is 0 Å². The summed E-state index contributed by atoms with van der Waals surface area (Å²) in [5, 5.41) is 75.0. The smallest absolute Gasteiger partial charge is 0.340 e. The Morgan fingerprint density at radius 3 is 2.53 bits per heavy atom. The van der Waals surface area contributed by atoms with Gasteiger partial charge in [0.05, 0.1) is 38.9 Å². The van der Waals surface area contributed by atoms with Gasteiger partial charge in [-0.1, -0.05) is 18.2 Å². The molecule has 0 aromatic rings. The lowest BCUT2D eigenvalue weighted by Gasteiger charge is -2.48. The van der Waals surface area contributed by atoms with Gasteiger partial charge >= 0.3 is 11.9 Å². The van der Waals surface area contributed by atoms with Gasteiger partial charge in [0.1, 0.15) is 29.6 Å². The van der Waals surface area contributed by atoms with Crippen molar-refractivity contribution in [1.82, 2.24) is 10.2 Å². The SMILES string of the molecule is C=C[C@H]1[C@@H](O[C@@H]2O[C@H](CO)[C@@H](O)C(O)(O)[C@@H]2OCNC)OC=C(C(=O)OC)[C@@]1(O)C=CC1CC(C(=O)O)CN(CCO)C1. The molecule has 0 aromatic carbocycles. The minimum Gasteiger partial charge on any atom is -0.481 e. The zero-order chi connectivity index (χ0) is 31.9.